The highest BCUT2D eigenvalue weighted by atomic mass is 32.2. The van der Waals surface area contributed by atoms with Crippen LogP contribution in [-0.4, -0.2) is 25.4 Å². The molecule has 0 radical (unpaired) electrons. The van der Waals surface area contributed by atoms with Crippen LogP contribution >= 0.6 is 0 Å². The van der Waals surface area contributed by atoms with E-state index in [0.717, 1.165) is 5.56 Å². The maximum atomic E-state index is 13.1. The number of pyridine rings is 1. The molecule has 1 saturated carbocycles. The van der Waals surface area contributed by atoms with Gasteiger partial charge in [-0.1, -0.05) is 12.1 Å². The van der Waals surface area contributed by atoms with E-state index in [-0.39, 0.29) is 34.4 Å². The smallest absolute Gasteiger partial charge is 0.242 e. The fourth-order valence-electron chi connectivity index (χ4n) is 4.03. The Morgan fingerprint density at radius 1 is 0.882 bits per heavy atom. The third kappa shape index (κ3) is 6.03. The summed E-state index contributed by atoms with van der Waals surface area (Å²) in [5.74, 6) is -0.938. The normalized spacial score (nSPS) is 18.4. The number of rotatable bonds is 7. The molecule has 0 aliphatic heterocycles. The van der Waals surface area contributed by atoms with Gasteiger partial charge in [0.25, 0.3) is 0 Å². The lowest BCUT2D eigenvalue weighted by Crippen LogP contribution is -2.40. The summed E-state index contributed by atoms with van der Waals surface area (Å²) in [5, 5.41) is 2.87. The molecular weight excluding hydrogens is 460 g/mol. The Morgan fingerprint density at radius 2 is 1.50 bits per heavy atom. The van der Waals surface area contributed by atoms with Gasteiger partial charge >= 0.3 is 0 Å². The number of hydrogen-bond donors (Lipinski definition) is 2. The second kappa shape index (κ2) is 10.4. The molecule has 1 aliphatic carbocycles. The van der Waals surface area contributed by atoms with Crippen molar-refractivity contribution in [2.45, 2.75) is 43.2 Å². The van der Waals surface area contributed by atoms with E-state index in [2.05, 4.69) is 15.0 Å². The summed E-state index contributed by atoms with van der Waals surface area (Å²) >= 11 is 0. The maximum absolute atomic E-state index is 13.1. The molecular formula is C25H25F2N3O3S. The average Bonchev–Trinajstić information content (AvgIpc) is 2.84. The second-order valence-corrected chi connectivity index (χ2v) is 10.1. The number of nitrogens with one attached hydrogen (secondary N) is 2. The Bertz CT molecular complexity index is 1220. The Balaban J connectivity index is 1.28. The first-order valence-electron chi connectivity index (χ1n) is 11.1. The lowest BCUT2D eigenvalue weighted by molar-refractivity contribution is -0.126. The zero-order valence-electron chi connectivity index (χ0n) is 18.4. The number of sulfonamides is 1. The largest absolute Gasteiger partial charge is 0.352 e. The minimum atomic E-state index is -3.76. The topological polar surface area (TPSA) is 88.2 Å². The van der Waals surface area contributed by atoms with Gasteiger partial charge in [0.2, 0.25) is 15.9 Å². The number of amides is 1. The van der Waals surface area contributed by atoms with E-state index >= 15 is 0 Å². The molecule has 0 saturated heterocycles. The van der Waals surface area contributed by atoms with Gasteiger partial charge in [-0.05, 0) is 79.8 Å². The summed E-state index contributed by atoms with van der Waals surface area (Å²) in [6.45, 7) is 0.326. The van der Waals surface area contributed by atoms with Gasteiger partial charge in [-0.2, -0.15) is 0 Å². The Kier molecular flexibility index (Phi) is 7.33. The van der Waals surface area contributed by atoms with Gasteiger partial charge in [-0.3, -0.25) is 9.78 Å². The monoisotopic (exact) mass is 485 g/mol. The molecule has 0 atom stereocenters. The highest BCUT2D eigenvalue weighted by molar-refractivity contribution is 7.89. The van der Waals surface area contributed by atoms with Crippen molar-refractivity contribution in [1.82, 2.24) is 15.0 Å². The first kappa shape index (κ1) is 24.0. The van der Waals surface area contributed by atoms with Gasteiger partial charge in [0.15, 0.2) is 0 Å². The molecule has 1 fully saturated rings. The van der Waals surface area contributed by atoms with Gasteiger partial charge in [0, 0.05) is 30.3 Å². The van der Waals surface area contributed by atoms with E-state index in [0.29, 0.717) is 43.5 Å². The molecule has 2 N–H and O–H groups in total. The van der Waals surface area contributed by atoms with Crippen molar-refractivity contribution >= 4 is 15.9 Å². The third-order valence-electron chi connectivity index (χ3n) is 5.99. The highest BCUT2D eigenvalue weighted by Gasteiger charge is 2.29. The van der Waals surface area contributed by atoms with Crippen LogP contribution in [0.25, 0.3) is 11.3 Å². The molecule has 1 aromatic heterocycles. The number of benzene rings is 2. The zero-order chi connectivity index (χ0) is 24.1. The molecule has 1 aliphatic rings. The molecule has 0 bridgehead atoms. The standard InChI is InChI=1S/C25H25F2N3O3S/c26-20-7-1-17(2-8-20)15-29-25(31)19-5-11-22(12-6-19)30-34(32,33)23-13-14-24(28-16-23)18-3-9-21(27)10-4-18/h1-4,7-10,13-14,16,19,22,30H,5-6,11-12,15H2,(H,29,31). The SMILES string of the molecule is O=C(NCc1ccc(F)cc1)C1CCC(NS(=O)(=O)c2ccc(-c3ccc(F)cc3)nc2)CC1. The number of aromatic nitrogens is 1. The van der Waals surface area contributed by atoms with Crippen molar-refractivity contribution < 1.29 is 22.0 Å². The van der Waals surface area contributed by atoms with E-state index in [1.165, 1.54) is 36.5 Å². The molecule has 6 nitrogen and oxygen atoms in total. The average molecular weight is 486 g/mol. The van der Waals surface area contributed by atoms with E-state index in [4.69, 9.17) is 0 Å². The fraction of sp³-hybridized carbons (Fsp3) is 0.280. The van der Waals surface area contributed by atoms with Gasteiger partial charge in [-0.15, -0.1) is 0 Å². The van der Waals surface area contributed by atoms with Crippen LogP contribution in [0.2, 0.25) is 0 Å². The first-order valence-corrected chi connectivity index (χ1v) is 12.5. The first-order chi connectivity index (χ1) is 16.3. The molecule has 9 heteroatoms. The molecule has 1 heterocycles. The van der Waals surface area contributed by atoms with Crippen LogP contribution in [0.4, 0.5) is 8.78 Å². The van der Waals surface area contributed by atoms with E-state index in [9.17, 15) is 22.0 Å². The minimum Gasteiger partial charge on any atom is -0.352 e. The predicted molar refractivity (Wildman–Crippen MR) is 124 cm³/mol. The lowest BCUT2D eigenvalue weighted by Gasteiger charge is -2.28. The van der Waals surface area contributed by atoms with Crippen molar-refractivity contribution in [3.8, 4) is 11.3 Å². The summed E-state index contributed by atoms with van der Waals surface area (Å²) < 4.78 is 54.4. The van der Waals surface area contributed by atoms with Crippen LogP contribution in [0.5, 0.6) is 0 Å². The quantitative estimate of drug-likeness (QED) is 0.526. The third-order valence-corrected chi connectivity index (χ3v) is 7.49. The zero-order valence-corrected chi connectivity index (χ0v) is 19.2. The van der Waals surface area contributed by atoms with E-state index in [1.807, 2.05) is 0 Å². The van der Waals surface area contributed by atoms with Crippen LogP contribution in [-0.2, 0) is 21.4 Å². The van der Waals surface area contributed by atoms with Gasteiger partial charge in [0.05, 0.1) is 5.69 Å². The van der Waals surface area contributed by atoms with E-state index in [1.54, 1.807) is 30.3 Å². The van der Waals surface area contributed by atoms with Crippen LogP contribution in [0.1, 0.15) is 31.2 Å². The van der Waals surface area contributed by atoms with Crippen molar-refractivity contribution in [1.29, 1.82) is 0 Å². The number of carbonyl (C=O) groups is 1. The number of carbonyl (C=O) groups excluding carboxylic acids is 1. The number of nitrogens with zero attached hydrogens (tertiary/aromatic N) is 1. The van der Waals surface area contributed by atoms with Gasteiger partial charge in [0.1, 0.15) is 16.5 Å². The maximum Gasteiger partial charge on any atom is 0.242 e. The molecule has 0 unspecified atom stereocenters. The fourth-order valence-corrected chi connectivity index (χ4v) is 5.28. The Hall–Kier alpha value is -3.17. The lowest BCUT2D eigenvalue weighted by atomic mass is 9.86. The summed E-state index contributed by atoms with van der Waals surface area (Å²) in [6, 6.07) is 14.6. The second-order valence-electron chi connectivity index (χ2n) is 8.40. The van der Waals surface area contributed by atoms with Crippen molar-refractivity contribution in [3.05, 3.63) is 84.1 Å². The summed E-state index contributed by atoms with van der Waals surface area (Å²) in [4.78, 5) is 16.7. The summed E-state index contributed by atoms with van der Waals surface area (Å²) in [5.41, 5.74) is 2.05. The molecule has 2 aromatic carbocycles. The Morgan fingerprint density at radius 3 is 2.09 bits per heavy atom. The van der Waals surface area contributed by atoms with Crippen LogP contribution < -0.4 is 10.0 Å². The molecule has 0 spiro atoms. The van der Waals surface area contributed by atoms with Gasteiger partial charge < -0.3 is 5.32 Å². The van der Waals surface area contributed by atoms with Crippen molar-refractivity contribution in [3.63, 3.8) is 0 Å². The minimum absolute atomic E-state index is 0.0533. The Labute approximate surface area is 197 Å². The summed E-state index contributed by atoms with van der Waals surface area (Å²) in [6.07, 6.45) is 3.54. The molecule has 178 valence electrons. The molecule has 1 amide bonds. The predicted octanol–water partition coefficient (Wildman–Crippen LogP) is 4.18. The molecule has 3 aromatic rings. The van der Waals surface area contributed by atoms with Crippen LogP contribution in [0, 0.1) is 17.6 Å². The van der Waals surface area contributed by atoms with Gasteiger partial charge in [-0.25, -0.2) is 21.9 Å². The van der Waals surface area contributed by atoms with E-state index < -0.39 is 10.0 Å². The van der Waals surface area contributed by atoms with Crippen molar-refractivity contribution in [2.75, 3.05) is 0 Å². The summed E-state index contributed by atoms with van der Waals surface area (Å²) in [7, 11) is -3.76. The van der Waals surface area contributed by atoms with Crippen LogP contribution in [0.3, 0.4) is 0 Å². The van der Waals surface area contributed by atoms with Crippen molar-refractivity contribution in [2.24, 2.45) is 5.92 Å². The van der Waals surface area contributed by atoms with Crippen LogP contribution in [0.15, 0.2) is 71.8 Å². The molecule has 4 rings (SSSR count). The number of hydrogen-bond acceptors (Lipinski definition) is 4. The highest BCUT2D eigenvalue weighted by Crippen LogP contribution is 2.26. The number of halogens is 2. The molecule has 34 heavy (non-hydrogen) atoms.